The van der Waals surface area contributed by atoms with Crippen molar-refractivity contribution in [3.63, 3.8) is 0 Å². The van der Waals surface area contributed by atoms with Crippen LogP contribution in [0.1, 0.15) is 13.3 Å². The summed E-state index contributed by atoms with van der Waals surface area (Å²) in [7, 11) is 0. The first-order valence-corrected chi connectivity index (χ1v) is 2.64. The van der Waals surface area contributed by atoms with Crippen molar-refractivity contribution in [2.75, 3.05) is 6.54 Å². The molecule has 40 valence electrons. The summed E-state index contributed by atoms with van der Waals surface area (Å²) in [6, 6.07) is 0.637. The van der Waals surface area contributed by atoms with E-state index in [9.17, 15) is 0 Å². The van der Waals surface area contributed by atoms with E-state index in [2.05, 4.69) is 17.2 Å². The Kier molecular flexibility index (Phi) is 1.29. The van der Waals surface area contributed by atoms with E-state index in [-0.39, 0.29) is 0 Å². The summed E-state index contributed by atoms with van der Waals surface area (Å²) in [5.41, 5.74) is 0. The Bertz CT molecular complexity index is 78.1. The molecule has 0 aromatic heterocycles. The summed E-state index contributed by atoms with van der Waals surface area (Å²) in [5.74, 6) is 0. The Balaban J connectivity index is 2.32. The molecule has 7 heavy (non-hydrogen) atoms. The molecule has 1 atom stereocenters. The highest BCUT2D eigenvalue weighted by atomic mass is 15.0. The molecule has 0 radical (unpaired) electrons. The lowest BCUT2D eigenvalue weighted by molar-refractivity contribution is 0.597. The SMILES string of the molecule is CC1CCN=CN1. The highest BCUT2D eigenvalue weighted by Gasteiger charge is 1.99. The summed E-state index contributed by atoms with van der Waals surface area (Å²) in [6.45, 7) is 3.15. The van der Waals surface area contributed by atoms with Crippen molar-refractivity contribution in [2.24, 2.45) is 4.99 Å². The molecule has 1 aliphatic heterocycles. The summed E-state index contributed by atoms with van der Waals surface area (Å²) in [5, 5.41) is 3.09. The predicted octanol–water partition coefficient (Wildman–Crippen LogP) is 0.397. The van der Waals surface area contributed by atoms with Crippen molar-refractivity contribution in [3.8, 4) is 0 Å². The molecular formula is C5H10N2. The zero-order valence-corrected chi connectivity index (χ0v) is 4.52. The fraction of sp³-hybridized carbons (Fsp3) is 0.800. The molecule has 0 amide bonds. The summed E-state index contributed by atoms with van der Waals surface area (Å²) >= 11 is 0. The number of nitrogens with zero attached hydrogens (tertiary/aromatic N) is 1. The molecule has 1 unspecified atom stereocenters. The third-order valence-corrected chi connectivity index (χ3v) is 1.14. The van der Waals surface area contributed by atoms with E-state index in [1.54, 1.807) is 6.34 Å². The van der Waals surface area contributed by atoms with Crippen LogP contribution in [0.15, 0.2) is 4.99 Å². The fourth-order valence-corrected chi connectivity index (χ4v) is 0.596. The van der Waals surface area contributed by atoms with Crippen LogP contribution in [0.3, 0.4) is 0 Å². The van der Waals surface area contributed by atoms with Gasteiger partial charge in [-0.15, -0.1) is 0 Å². The van der Waals surface area contributed by atoms with Gasteiger partial charge >= 0.3 is 0 Å². The maximum absolute atomic E-state index is 3.99. The number of rotatable bonds is 0. The average Bonchev–Trinajstić information content (AvgIpc) is 1.69. The molecule has 2 heteroatoms. The Morgan fingerprint density at radius 2 is 2.71 bits per heavy atom. The smallest absolute Gasteiger partial charge is 0.0825 e. The van der Waals surface area contributed by atoms with E-state index < -0.39 is 0 Å². The lowest BCUT2D eigenvalue weighted by atomic mass is 10.2. The number of hydrogen-bond acceptors (Lipinski definition) is 2. The summed E-state index contributed by atoms with van der Waals surface area (Å²) in [4.78, 5) is 3.99. The Hall–Kier alpha value is -0.530. The first kappa shape index (κ1) is 4.62. The van der Waals surface area contributed by atoms with Crippen molar-refractivity contribution in [1.29, 1.82) is 0 Å². The van der Waals surface area contributed by atoms with Gasteiger partial charge in [-0.3, -0.25) is 4.99 Å². The standard InChI is InChI=1S/C5H10N2/c1-5-2-3-6-4-7-5/h4-5H,2-3H2,1H3,(H,6,7). The predicted molar refractivity (Wildman–Crippen MR) is 30.6 cm³/mol. The second-order valence-electron chi connectivity index (χ2n) is 1.89. The Morgan fingerprint density at radius 1 is 1.86 bits per heavy atom. The largest absolute Gasteiger partial charge is 0.374 e. The molecule has 0 aromatic rings. The van der Waals surface area contributed by atoms with Crippen molar-refractivity contribution in [2.45, 2.75) is 19.4 Å². The van der Waals surface area contributed by atoms with Crippen LogP contribution in [-0.2, 0) is 0 Å². The van der Waals surface area contributed by atoms with Crippen molar-refractivity contribution in [3.05, 3.63) is 0 Å². The lowest BCUT2D eigenvalue weighted by Crippen LogP contribution is -2.28. The van der Waals surface area contributed by atoms with Gasteiger partial charge in [-0.05, 0) is 13.3 Å². The van der Waals surface area contributed by atoms with Gasteiger partial charge in [-0.2, -0.15) is 0 Å². The topological polar surface area (TPSA) is 24.4 Å². The van der Waals surface area contributed by atoms with Crippen molar-refractivity contribution >= 4 is 6.34 Å². The molecule has 1 heterocycles. The average molecular weight is 98.1 g/mol. The van der Waals surface area contributed by atoms with Gasteiger partial charge in [0, 0.05) is 12.6 Å². The minimum atomic E-state index is 0.637. The molecule has 0 spiro atoms. The number of hydrogen-bond donors (Lipinski definition) is 1. The van der Waals surface area contributed by atoms with Gasteiger partial charge in [0.15, 0.2) is 0 Å². The van der Waals surface area contributed by atoms with Crippen molar-refractivity contribution < 1.29 is 0 Å². The maximum atomic E-state index is 3.99. The molecule has 0 saturated carbocycles. The second-order valence-corrected chi connectivity index (χ2v) is 1.89. The molecule has 1 rings (SSSR count). The van der Waals surface area contributed by atoms with E-state index in [0.29, 0.717) is 6.04 Å². The maximum Gasteiger partial charge on any atom is 0.0825 e. The van der Waals surface area contributed by atoms with Gasteiger partial charge in [0.2, 0.25) is 0 Å². The van der Waals surface area contributed by atoms with Crippen LogP contribution in [0, 0.1) is 0 Å². The molecule has 2 nitrogen and oxygen atoms in total. The first-order chi connectivity index (χ1) is 3.39. The first-order valence-electron chi connectivity index (χ1n) is 2.64. The minimum Gasteiger partial charge on any atom is -0.374 e. The summed E-state index contributed by atoms with van der Waals surface area (Å²) in [6.07, 6.45) is 2.96. The third-order valence-electron chi connectivity index (χ3n) is 1.14. The van der Waals surface area contributed by atoms with Crippen molar-refractivity contribution in [1.82, 2.24) is 5.32 Å². The van der Waals surface area contributed by atoms with Gasteiger partial charge in [0.25, 0.3) is 0 Å². The second kappa shape index (κ2) is 1.96. The van der Waals surface area contributed by atoms with E-state index >= 15 is 0 Å². The number of aliphatic imine (C=N–C) groups is 1. The normalized spacial score (nSPS) is 29.6. The van der Waals surface area contributed by atoms with Gasteiger partial charge in [-0.1, -0.05) is 0 Å². The van der Waals surface area contributed by atoms with E-state index in [1.165, 1.54) is 6.42 Å². The van der Waals surface area contributed by atoms with Crippen LogP contribution in [-0.4, -0.2) is 18.9 Å². The van der Waals surface area contributed by atoms with Crippen LogP contribution in [0.2, 0.25) is 0 Å². The third kappa shape index (κ3) is 1.18. The molecule has 1 N–H and O–H groups in total. The van der Waals surface area contributed by atoms with E-state index in [4.69, 9.17) is 0 Å². The zero-order chi connectivity index (χ0) is 5.11. The van der Waals surface area contributed by atoms with Gasteiger partial charge < -0.3 is 5.32 Å². The molecule has 0 aliphatic carbocycles. The van der Waals surface area contributed by atoms with Gasteiger partial charge in [-0.25, -0.2) is 0 Å². The van der Waals surface area contributed by atoms with Gasteiger partial charge in [0.1, 0.15) is 0 Å². The highest BCUT2D eigenvalue weighted by molar-refractivity contribution is 5.55. The molecular weight excluding hydrogens is 88.1 g/mol. The van der Waals surface area contributed by atoms with Crippen LogP contribution >= 0.6 is 0 Å². The number of nitrogens with one attached hydrogen (secondary N) is 1. The van der Waals surface area contributed by atoms with Crippen LogP contribution in [0.5, 0.6) is 0 Å². The van der Waals surface area contributed by atoms with Crippen LogP contribution < -0.4 is 5.32 Å². The van der Waals surface area contributed by atoms with Gasteiger partial charge in [0.05, 0.1) is 6.34 Å². The van der Waals surface area contributed by atoms with Crippen LogP contribution in [0.4, 0.5) is 0 Å². The van der Waals surface area contributed by atoms with E-state index in [0.717, 1.165) is 6.54 Å². The summed E-state index contributed by atoms with van der Waals surface area (Å²) < 4.78 is 0. The van der Waals surface area contributed by atoms with Crippen LogP contribution in [0.25, 0.3) is 0 Å². The monoisotopic (exact) mass is 98.1 g/mol. The zero-order valence-electron chi connectivity index (χ0n) is 4.52. The lowest BCUT2D eigenvalue weighted by Gasteiger charge is -2.12. The molecule has 0 fully saturated rings. The molecule has 0 bridgehead atoms. The fourth-order valence-electron chi connectivity index (χ4n) is 0.596. The highest BCUT2D eigenvalue weighted by Crippen LogP contribution is 1.92. The Morgan fingerprint density at radius 3 is 3.00 bits per heavy atom. The Labute approximate surface area is 43.6 Å². The molecule has 1 aliphatic rings. The van der Waals surface area contributed by atoms with E-state index in [1.807, 2.05) is 0 Å². The quantitative estimate of drug-likeness (QED) is 0.466. The molecule has 0 saturated heterocycles. The molecule has 0 aromatic carbocycles. The minimum absolute atomic E-state index is 0.637.